The van der Waals surface area contributed by atoms with Gasteiger partial charge in [-0.15, -0.1) is 11.3 Å². The van der Waals surface area contributed by atoms with E-state index in [4.69, 9.17) is 9.84 Å². The molecule has 0 aliphatic rings. The predicted molar refractivity (Wildman–Crippen MR) is 72.4 cm³/mol. The lowest BCUT2D eigenvalue weighted by molar-refractivity contribution is -0.143. The Kier molecular flexibility index (Phi) is 6.88. The van der Waals surface area contributed by atoms with Crippen molar-refractivity contribution in [2.45, 2.75) is 32.6 Å². The first-order chi connectivity index (χ1) is 9.11. The zero-order chi connectivity index (χ0) is 14.1. The molecule has 0 spiro atoms. The maximum atomic E-state index is 11.1. The quantitative estimate of drug-likeness (QED) is 0.532. The van der Waals surface area contributed by atoms with E-state index in [9.17, 15) is 9.59 Å². The highest BCUT2D eigenvalue weighted by molar-refractivity contribution is 7.13. The summed E-state index contributed by atoms with van der Waals surface area (Å²) in [6.45, 7) is 2.83. The number of aliphatic carboxylic acids is 1. The molecule has 19 heavy (non-hydrogen) atoms. The van der Waals surface area contributed by atoms with Gasteiger partial charge in [-0.1, -0.05) is 0 Å². The fraction of sp³-hybridized carbons (Fsp3) is 0.583. The average molecular weight is 286 g/mol. The molecule has 0 saturated carbocycles. The van der Waals surface area contributed by atoms with Gasteiger partial charge in [-0.3, -0.25) is 9.59 Å². The summed E-state index contributed by atoms with van der Waals surface area (Å²) < 4.78 is 4.82. The van der Waals surface area contributed by atoms with Crippen molar-refractivity contribution in [3.8, 4) is 0 Å². The van der Waals surface area contributed by atoms with Gasteiger partial charge in [-0.05, 0) is 13.3 Å². The summed E-state index contributed by atoms with van der Waals surface area (Å²) >= 11 is 1.44. The maximum Gasteiger partial charge on any atom is 0.305 e. The van der Waals surface area contributed by atoms with Crippen molar-refractivity contribution in [1.29, 1.82) is 0 Å². The number of carbonyl (C=O) groups excluding carboxylic acids is 1. The molecule has 0 bridgehead atoms. The molecule has 106 valence electrons. The Balaban J connectivity index is 2.19. The normalized spacial score (nSPS) is 10.2. The van der Waals surface area contributed by atoms with Crippen LogP contribution in [-0.4, -0.2) is 35.2 Å². The Morgan fingerprint density at radius 3 is 2.95 bits per heavy atom. The van der Waals surface area contributed by atoms with E-state index in [1.807, 2.05) is 5.38 Å². The lowest BCUT2D eigenvalue weighted by atomic mass is 10.2. The van der Waals surface area contributed by atoms with Gasteiger partial charge in [0, 0.05) is 24.8 Å². The third kappa shape index (κ3) is 6.76. The summed E-state index contributed by atoms with van der Waals surface area (Å²) in [7, 11) is 0. The highest BCUT2D eigenvalue weighted by atomic mass is 32.1. The molecule has 6 nitrogen and oxygen atoms in total. The van der Waals surface area contributed by atoms with Gasteiger partial charge in [-0.25, -0.2) is 4.98 Å². The lowest BCUT2D eigenvalue weighted by Gasteiger charge is -2.02. The average Bonchev–Trinajstić information content (AvgIpc) is 2.80. The molecule has 0 amide bonds. The number of rotatable bonds is 9. The van der Waals surface area contributed by atoms with Crippen LogP contribution >= 0.6 is 11.3 Å². The number of carbonyl (C=O) groups is 2. The molecule has 7 heteroatoms. The van der Waals surface area contributed by atoms with E-state index < -0.39 is 5.97 Å². The summed E-state index contributed by atoms with van der Waals surface area (Å²) in [6, 6.07) is 0. The first kappa shape index (κ1) is 15.4. The molecule has 0 aromatic carbocycles. The van der Waals surface area contributed by atoms with E-state index in [2.05, 4.69) is 10.3 Å². The van der Waals surface area contributed by atoms with E-state index in [1.165, 1.54) is 11.3 Å². The van der Waals surface area contributed by atoms with Gasteiger partial charge in [0.15, 0.2) is 5.13 Å². The Morgan fingerprint density at radius 1 is 1.47 bits per heavy atom. The predicted octanol–water partition coefficient (Wildman–Crippen LogP) is 1.92. The number of anilines is 1. The fourth-order valence-electron chi connectivity index (χ4n) is 1.40. The second-order valence-corrected chi connectivity index (χ2v) is 4.73. The van der Waals surface area contributed by atoms with E-state index in [0.29, 0.717) is 32.4 Å². The van der Waals surface area contributed by atoms with Gasteiger partial charge < -0.3 is 15.2 Å². The number of aromatic nitrogens is 1. The SMILES string of the molecule is CCOC(=O)CCCNc1nc(CCC(=O)O)cs1. The minimum Gasteiger partial charge on any atom is -0.481 e. The smallest absolute Gasteiger partial charge is 0.305 e. The third-order valence-electron chi connectivity index (χ3n) is 2.29. The number of esters is 1. The number of aryl methyl sites for hydroxylation is 1. The second kappa shape index (κ2) is 8.47. The van der Waals surface area contributed by atoms with Crippen molar-refractivity contribution < 1.29 is 19.4 Å². The number of thiazole rings is 1. The number of hydrogen-bond donors (Lipinski definition) is 2. The molecule has 0 radical (unpaired) electrons. The van der Waals surface area contributed by atoms with Crippen LogP contribution in [0.2, 0.25) is 0 Å². The van der Waals surface area contributed by atoms with Crippen molar-refractivity contribution in [3.05, 3.63) is 11.1 Å². The molecule has 0 aliphatic heterocycles. The van der Waals surface area contributed by atoms with Crippen molar-refractivity contribution in [1.82, 2.24) is 4.98 Å². The molecule has 1 heterocycles. The van der Waals surface area contributed by atoms with E-state index in [-0.39, 0.29) is 12.4 Å². The van der Waals surface area contributed by atoms with E-state index in [0.717, 1.165) is 10.8 Å². The fourth-order valence-corrected chi connectivity index (χ4v) is 2.17. The number of carboxylic acids is 1. The van der Waals surface area contributed by atoms with E-state index in [1.54, 1.807) is 6.92 Å². The van der Waals surface area contributed by atoms with Crippen molar-refractivity contribution in [2.24, 2.45) is 0 Å². The number of nitrogens with zero attached hydrogens (tertiary/aromatic N) is 1. The Labute approximate surface area is 115 Å². The molecule has 0 fully saturated rings. The first-order valence-corrected chi connectivity index (χ1v) is 7.05. The van der Waals surface area contributed by atoms with Crippen molar-refractivity contribution >= 4 is 28.4 Å². The number of ether oxygens (including phenoxy) is 1. The monoisotopic (exact) mass is 286 g/mol. The van der Waals surface area contributed by atoms with Crippen LogP contribution in [0.4, 0.5) is 5.13 Å². The summed E-state index contributed by atoms with van der Waals surface area (Å²) in [4.78, 5) is 25.8. The molecule has 0 unspecified atom stereocenters. The van der Waals surface area contributed by atoms with Crippen LogP contribution in [0.25, 0.3) is 0 Å². The first-order valence-electron chi connectivity index (χ1n) is 6.17. The standard InChI is InChI=1S/C12H18N2O4S/c1-2-18-11(17)4-3-7-13-12-14-9(8-19-12)5-6-10(15)16/h8H,2-7H2,1H3,(H,13,14)(H,15,16). The molecular formula is C12H18N2O4S. The summed E-state index contributed by atoms with van der Waals surface area (Å²) in [5.74, 6) is -1.01. The number of hydrogen-bond acceptors (Lipinski definition) is 6. The number of nitrogens with one attached hydrogen (secondary N) is 1. The largest absolute Gasteiger partial charge is 0.481 e. The lowest BCUT2D eigenvalue weighted by Crippen LogP contribution is -2.08. The van der Waals surface area contributed by atoms with Gasteiger partial charge in [0.2, 0.25) is 0 Å². The molecule has 1 rings (SSSR count). The van der Waals surface area contributed by atoms with Gasteiger partial charge >= 0.3 is 11.9 Å². The topological polar surface area (TPSA) is 88.5 Å². The highest BCUT2D eigenvalue weighted by Gasteiger charge is 2.05. The van der Waals surface area contributed by atoms with Crippen LogP contribution in [0.5, 0.6) is 0 Å². The van der Waals surface area contributed by atoms with Crippen LogP contribution in [0, 0.1) is 0 Å². The van der Waals surface area contributed by atoms with Gasteiger partial charge in [0.25, 0.3) is 0 Å². The van der Waals surface area contributed by atoms with E-state index >= 15 is 0 Å². The van der Waals surface area contributed by atoms with Crippen LogP contribution in [0.1, 0.15) is 31.9 Å². The third-order valence-corrected chi connectivity index (χ3v) is 3.13. The van der Waals surface area contributed by atoms with Gasteiger partial charge in [-0.2, -0.15) is 0 Å². The maximum absolute atomic E-state index is 11.1. The summed E-state index contributed by atoms with van der Waals surface area (Å²) in [6.07, 6.45) is 1.60. The Bertz CT molecular complexity index is 420. The molecule has 1 aromatic heterocycles. The van der Waals surface area contributed by atoms with Crippen molar-refractivity contribution in [3.63, 3.8) is 0 Å². The zero-order valence-corrected chi connectivity index (χ0v) is 11.7. The molecule has 0 aliphatic carbocycles. The number of carboxylic acid groups (broad SMARTS) is 1. The molecule has 0 saturated heterocycles. The molecule has 0 atom stereocenters. The van der Waals surface area contributed by atoms with Crippen LogP contribution in [0.15, 0.2) is 5.38 Å². The van der Waals surface area contributed by atoms with Gasteiger partial charge in [0.1, 0.15) is 0 Å². The molecule has 2 N–H and O–H groups in total. The molecule has 1 aromatic rings. The second-order valence-electron chi connectivity index (χ2n) is 3.87. The van der Waals surface area contributed by atoms with Gasteiger partial charge in [0.05, 0.1) is 18.7 Å². The van der Waals surface area contributed by atoms with Crippen molar-refractivity contribution in [2.75, 3.05) is 18.5 Å². The zero-order valence-electron chi connectivity index (χ0n) is 10.8. The van der Waals surface area contributed by atoms with Crippen LogP contribution < -0.4 is 5.32 Å². The minimum absolute atomic E-state index is 0.0893. The summed E-state index contributed by atoms with van der Waals surface area (Å²) in [5.41, 5.74) is 0.778. The van der Waals surface area contributed by atoms with Crippen LogP contribution in [-0.2, 0) is 20.7 Å². The molecular weight excluding hydrogens is 268 g/mol. The summed E-state index contributed by atoms with van der Waals surface area (Å²) in [5, 5.41) is 14.3. The Morgan fingerprint density at radius 2 is 2.26 bits per heavy atom. The van der Waals surface area contributed by atoms with Crippen LogP contribution in [0.3, 0.4) is 0 Å². The minimum atomic E-state index is -0.822. The Hall–Kier alpha value is -1.63. The highest BCUT2D eigenvalue weighted by Crippen LogP contribution is 2.16.